The van der Waals surface area contributed by atoms with E-state index in [-0.39, 0.29) is 18.9 Å². The van der Waals surface area contributed by atoms with Crippen LogP contribution in [-0.4, -0.2) is 22.5 Å². The predicted octanol–water partition coefficient (Wildman–Crippen LogP) is 2.25. The van der Waals surface area contributed by atoms with Gasteiger partial charge in [-0.25, -0.2) is 4.98 Å². The van der Waals surface area contributed by atoms with Crippen molar-refractivity contribution >= 4 is 17.2 Å². The second-order valence-corrected chi connectivity index (χ2v) is 5.73. The van der Waals surface area contributed by atoms with Crippen LogP contribution in [0.1, 0.15) is 42.3 Å². The largest absolute Gasteiger partial charge is 0.467 e. The first-order valence-corrected chi connectivity index (χ1v) is 7.36. The summed E-state index contributed by atoms with van der Waals surface area (Å²) in [6.45, 7) is 4.28. The van der Waals surface area contributed by atoms with Crippen LogP contribution in [0.5, 0.6) is 0 Å². The Morgan fingerprint density at radius 2 is 2.35 bits per heavy atom. The number of thiazole rings is 1. The summed E-state index contributed by atoms with van der Waals surface area (Å²) < 4.78 is 5.06. The third-order valence-electron chi connectivity index (χ3n) is 2.77. The van der Waals surface area contributed by atoms with Gasteiger partial charge in [-0.05, 0) is 12.1 Å². The molecule has 1 atom stereocenters. The van der Waals surface area contributed by atoms with E-state index in [0.29, 0.717) is 11.7 Å². The van der Waals surface area contributed by atoms with Gasteiger partial charge in [-0.15, -0.1) is 11.3 Å². The molecule has 1 amide bonds. The third-order valence-corrected chi connectivity index (χ3v) is 3.96. The van der Waals surface area contributed by atoms with Crippen molar-refractivity contribution in [2.75, 3.05) is 6.54 Å². The molecule has 0 radical (unpaired) electrons. The average Bonchev–Trinajstić information content (AvgIpc) is 3.06. The van der Waals surface area contributed by atoms with Crippen molar-refractivity contribution < 1.29 is 14.3 Å². The molecule has 0 saturated carbocycles. The molecule has 5 nitrogen and oxygen atoms in total. The average molecular weight is 294 g/mol. The Bertz CT molecular complexity index is 549. The van der Waals surface area contributed by atoms with Crippen molar-refractivity contribution in [3.05, 3.63) is 40.2 Å². The van der Waals surface area contributed by atoms with E-state index in [1.807, 2.05) is 5.38 Å². The fraction of sp³-hybridized carbons (Fsp3) is 0.429. The quantitative estimate of drug-likeness (QED) is 0.857. The maximum atomic E-state index is 11.8. The van der Waals surface area contributed by atoms with Crippen molar-refractivity contribution in [2.45, 2.75) is 32.3 Å². The summed E-state index contributed by atoms with van der Waals surface area (Å²) in [5.41, 5.74) is 0.767. The van der Waals surface area contributed by atoms with Gasteiger partial charge in [0.2, 0.25) is 5.91 Å². The maximum absolute atomic E-state index is 11.8. The first-order chi connectivity index (χ1) is 9.56. The fourth-order valence-electron chi connectivity index (χ4n) is 1.69. The van der Waals surface area contributed by atoms with Crippen molar-refractivity contribution in [3.63, 3.8) is 0 Å². The van der Waals surface area contributed by atoms with E-state index in [1.54, 1.807) is 23.5 Å². The van der Waals surface area contributed by atoms with Crippen LogP contribution in [-0.2, 0) is 11.2 Å². The molecular weight excluding hydrogens is 276 g/mol. The number of hydrogen-bond acceptors (Lipinski definition) is 5. The number of aliphatic hydroxyl groups excluding tert-OH is 1. The molecule has 108 valence electrons. The van der Waals surface area contributed by atoms with E-state index in [4.69, 9.17) is 4.42 Å². The molecule has 0 aliphatic carbocycles. The van der Waals surface area contributed by atoms with Crippen LogP contribution >= 0.6 is 11.3 Å². The van der Waals surface area contributed by atoms with Crippen LogP contribution in [0.2, 0.25) is 0 Å². The van der Waals surface area contributed by atoms with Crippen LogP contribution in [0.15, 0.2) is 28.2 Å². The highest BCUT2D eigenvalue weighted by Crippen LogP contribution is 2.19. The zero-order valence-electron chi connectivity index (χ0n) is 11.5. The van der Waals surface area contributed by atoms with Gasteiger partial charge in [-0.1, -0.05) is 13.8 Å². The molecule has 2 aromatic heterocycles. The minimum atomic E-state index is -0.824. The zero-order valence-corrected chi connectivity index (χ0v) is 12.3. The smallest absolute Gasteiger partial charge is 0.226 e. The summed E-state index contributed by atoms with van der Waals surface area (Å²) in [5.74, 6) is 0.662. The summed E-state index contributed by atoms with van der Waals surface area (Å²) >= 11 is 1.57. The number of aromatic nitrogens is 1. The van der Waals surface area contributed by atoms with E-state index in [1.165, 1.54) is 6.26 Å². The second kappa shape index (κ2) is 6.67. The summed E-state index contributed by atoms with van der Waals surface area (Å²) in [7, 11) is 0. The van der Waals surface area contributed by atoms with Crippen molar-refractivity contribution in [2.24, 2.45) is 0 Å². The normalized spacial score (nSPS) is 12.6. The first kappa shape index (κ1) is 14.7. The van der Waals surface area contributed by atoms with Crippen molar-refractivity contribution in [3.8, 4) is 0 Å². The summed E-state index contributed by atoms with van der Waals surface area (Å²) in [4.78, 5) is 16.2. The van der Waals surface area contributed by atoms with Gasteiger partial charge < -0.3 is 14.8 Å². The lowest BCUT2D eigenvalue weighted by Crippen LogP contribution is -2.29. The fourth-order valence-corrected chi connectivity index (χ4v) is 2.52. The monoisotopic (exact) mass is 294 g/mol. The molecule has 20 heavy (non-hydrogen) atoms. The molecule has 1 unspecified atom stereocenters. The molecule has 0 aromatic carbocycles. The lowest BCUT2D eigenvalue weighted by atomic mass is 10.2. The van der Waals surface area contributed by atoms with Gasteiger partial charge in [-0.3, -0.25) is 4.79 Å². The van der Waals surface area contributed by atoms with E-state index in [9.17, 15) is 9.90 Å². The number of carbonyl (C=O) groups excluding carboxylic acids is 1. The minimum absolute atomic E-state index is 0.132. The Morgan fingerprint density at radius 1 is 1.55 bits per heavy atom. The highest BCUT2D eigenvalue weighted by atomic mass is 32.1. The highest BCUT2D eigenvalue weighted by molar-refractivity contribution is 7.09. The Labute approximate surface area is 121 Å². The van der Waals surface area contributed by atoms with E-state index >= 15 is 0 Å². The molecule has 0 aliphatic heterocycles. The SMILES string of the molecule is CC(C)c1nc(CC(=O)NCC(O)c2ccco2)cs1. The highest BCUT2D eigenvalue weighted by Gasteiger charge is 2.13. The molecule has 6 heteroatoms. The molecule has 0 bridgehead atoms. The van der Waals surface area contributed by atoms with Crippen LogP contribution in [0.3, 0.4) is 0 Å². The van der Waals surface area contributed by atoms with Gasteiger partial charge >= 0.3 is 0 Å². The zero-order chi connectivity index (χ0) is 14.5. The molecule has 0 fully saturated rings. The van der Waals surface area contributed by atoms with Crippen molar-refractivity contribution in [1.82, 2.24) is 10.3 Å². The number of hydrogen-bond donors (Lipinski definition) is 2. The topological polar surface area (TPSA) is 75.4 Å². The van der Waals surface area contributed by atoms with Gasteiger partial charge in [-0.2, -0.15) is 0 Å². The number of furan rings is 1. The Kier molecular flexibility index (Phi) is 4.92. The lowest BCUT2D eigenvalue weighted by molar-refractivity contribution is -0.121. The van der Waals surface area contributed by atoms with Crippen LogP contribution in [0.4, 0.5) is 0 Å². The molecule has 0 saturated heterocycles. The lowest BCUT2D eigenvalue weighted by Gasteiger charge is -2.08. The molecular formula is C14H18N2O3S. The van der Waals surface area contributed by atoms with Crippen LogP contribution in [0.25, 0.3) is 0 Å². The van der Waals surface area contributed by atoms with Crippen LogP contribution in [0, 0.1) is 0 Å². The Hall–Kier alpha value is -1.66. The minimum Gasteiger partial charge on any atom is -0.467 e. The number of rotatable bonds is 6. The van der Waals surface area contributed by atoms with Gasteiger partial charge in [0.1, 0.15) is 11.9 Å². The molecule has 2 N–H and O–H groups in total. The first-order valence-electron chi connectivity index (χ1n) is 6.48. The number of aliphatic hydroxyl groups is 1. The maximum Gasteiger partial charge on any atom is 0.226 e. The Morgan fingerprint density at radius 3 is 2.95 bits per heavy atom. The standard InChI is InChI=1S/C14H18N2O3S/c1-9(2)14-16-10(8-20-14)6-13(18)15-7-11(17)12-4-3-5-19-12/h3-5,8-9,11,17H,6-7H2,1-2H3,(H,15,18). The van der Waals surface area contributed by atoms with Gasteiger partial charge in [0, 0.05) is 11.3 Å². The second-order valence-electron chi connectivity index (χ2n) is 4.84. The number of nitrogens with zero attached hydrogens (tertiary/aromatic N) is 1. The number of carbonyl (C=O) groups is 1. The summed E-state index contributed by atoms with van der Waals surface area (Å²) in [5, 5.41) is 15.4. The number of amides is 1. The predicted molar refractivity (Wildman–Crippen MR) is 76.6 cm³/mol. The summed E-state index contributed by atoms with van der Waals surface area (Å²) in [6, 6.07) is 3.37. The summed E-state index contributed by atoms with van der Waals surface area (Å²) in [6.07, 6.45) is 0.896. The van der Waals surface area contributed by atoms with Crippen molar-refractivity contribution in [1.29, 1.82) is 0 Å². The van der Waals surface area contributed by atoms with E-state index in [2.05, 4.69) is 24.1 Å². The molecule has 2 aromatic rings. The Balaban J connectivity index is 1.80. The molecule has 2 rings (SSSR count). The van der Waals surface area contributed by atoms with Gasteiger partial charge in [0.05, 0.1) is 29.9 Å². The van der Waals surface area contributed by atoms with Crippen LogP contribution < -0.4 is 5.32 Å². The number of nitrogens with one attached hydrogen (secondary N) is 1. The third kappa shape index (κ3) is 3.91. The molecule has 0 spiro atoms. The molecule has 2 heterocycles. The van der Waals surface area contributed by atoms with Gasteiger partial charge in [0.25, 0.3) is 0 Å². The van der Waals surface area contributed by atoms with E-state index < -0.39 is 6.10 Å². The molecule has 0 aliphatic rings. The van der Waals surface area contributed by atoms with E-state index in [0.717, 1.165) is 10.7 Å². The van der Waals surface area contributed by atoms with Gasteiger partial charge in [0.15, 0.2) is 0 Å².